The Morgan fingerprint density at radius 1 is 1.10 bits per heavy atom. The lowest BCUT2D eigenvalue weighted by molar-refractivity contribution is -0.118. The van der Waals surface area contributed by atoms with Crippen molar-refractivity contribution in [3.05, 3.63) is 71.9 Å². The summed E-state index contributed by atoms with van der Waals surface area (Å²) in [5.41, 5.74) is 8.34. The molecule has 3 nitrogen and oxygen atoms in total. The van der Waals surface area contributed by atoms with E-state index in [-0.39, 0.29) is 12.3 Å². The first-order valence-electron chi connectivity index (χ1n) is 7.02. The van der Waals surface area contributed by atoms with Crippen LogP contribution in [0.15, 0.2) is 60.8 Å². The number of nitrogens with two attached hydrogens (primary N) is 1. The number of nitrogens with one attached hydrogen (secondary N) is 1. The normalized spacial score (nSPS) is 14.0. The van der Waals surface area contributed by atoms with Crippen LogP contribution in [0.3, 0.4) is 0 Å². The van der Waals surface area contributed by atoms with E-state index in [1.807, 2.05) is 54.7 Å². The number of H-pyrrole nitrogens is 1. The fourth-order valence-electron chi connectivity index (χ4n) is 3.04. The molecule has 0 spiro atoms. The minimum Gasteiger partial charge on any atom is -0.370 e. The molecule has 3 N–H and O–H groups in total. The van der Waals surface area contributed by atoms with Gasteiger partial charge in [-0.2, -0.15) is 0 Å². The molecular formula is C18H18N2O. The van der Waals surface area contributed by atoms with Gasteiger partial charge in [0.05, 0.1) is 0 Å². The molecule has 1 aromatic heterocycles. The van der Waals surface area contributed by atoms with Crippen molar-refractivity contribution in [3.63, 3.8) is 0 Å². The molecule has 3 rings (SSSR count). The maximum absolute atomic E-state index is 11.6. The monoisotopic (exact) mass is 278 g/mol. The molecule has 3 aromatic rings. The summed E-state index contributed by atoms with van der Waals surface area (Å²) in [6, 6.07) is 18.2. The lowest BCUT2D eigenvalue weighted by Crippen LogP contribution is -2.30. The molecule has 0 saturated carbocycles. The summed E-state index contributed by atoms with van der Waals surface area (Å²) >= 11 is 0. The number of benzene rings is 2. The van der Waals surface area contributed by atoms with Crippen molar-refractivity contribution in [2.75, 3.05) is 0 Å². The highest BCUT2D eigenvalue weighted by Gasteiger charge is 2.33. The van der Waals surface area contributed by atoms with Gasteiger partial charge in [0.2, 0.25) is 5.91 Å². The number of para-hydroxylation sites is 1. The van der Waals surface area contributed by atoms with E-state index >= 15 is 0 Å². The molecule has 1 atom stereocenters. The number of carbonyl (C=O) groups excluding carboxylic acids is 1. The summed E-state index contributed by atoms with van der Waals surface area (Å²) in [5.74, 6) is -0.299. The predicted molar refractivity (Wildman–Crippen MR) is 85.0 cm³/mol. The van der Waals surface area contributed by atoms with Gasteiger partial charge < -0.3 is 10.7 Å². The lowest BCUT2D eigenvalue weighted by atomic mass is 9.73. The Hall–Kier alpha value is -2.55. The number of hydrogen-bond acceptors (Lipinski definition) is 1. The highest BCUT2D eigenvalue weighted by Crippen LogP contribution is 2.38. The Labute approximate surface area is 123 Å². The van der Waals surface area contributed by atoms with E-state index in [1.165, 1.54) is 0 Å². The fourth-order valence-corrected chi connectivity index (χ4v) is 3.04. The Morgan fingerprint density at radius 2 is 1.76 bits per heavy atom. The van der Waals surface area contributed by atoms with Crippen LogP contribution in [0, 0.1) is 0 Å². The van der Waals surface area contributed by atoms with E-state index in [0.717, 1.165) is 22.0 Å². The molecule has 0 radical (unpaired) electrons. The topological polar surface area (TPSA) is 58.9 Å². The van der Waals surface area contributed by atoms with Crippen LogP contribution in [0.25, 0.3) is 10.9 Å². The predicted octanol–water partition coefficient (Wildman–Crippen LogP) is 3.35. The maximum Gasteiger partial charge on any atom is 0.218 e. The molecule has 0 fully saturated rings. The second kappa shape index (κ2) is 5.09. The van der Waals surface area contributed by atoms with Crippen molar-refractivity contribution in [1.82, 2.24) is 4.98 Å². The van der Waals surface area contributed by atoms with Crippen molar-refractivity contribution in [1.29, 1.82) is 0 Å². The first-order chi connectivity index (χ1) is 10.1. The molecule has 1 unspecified atom stereocenters. The van der Waals surface area contributed by atoms with Crippen LogP contribution in [0.1, 0.15) is 24.5 Å². The molecule has 0 aliphatic carbocycles. The first-order valence-corrected chi connectivity index (χ1v) is 7.02. The molecule has 0 saturated heterocycles. The summed E-state index contributed by atoms with van der Waals surface area (Å²) in [6.45, 7) is 2.07. The number of rotatable bonds is 4. The van der Waals surface area contributed by atoms with E-state index in [9.17, 15) is 4.79 Å². The van der Waals surface area contributed by atoms with Gasteiger partial charge in [0.25, 0.3) is 0 Å². The van der Waals surface area contributed by atoms with Crippen LogP contribution < -0.4 is 5.73 Å². The Morgan fingerprint density at radius 3 is 2.48 bits per heavy atom. The second-order valence-electron chi connectivity index (χ2n) is 5.59. The largest absolute Gasteiger partial charge is 0.370 e. The summed E-state index contributed by atoms with van der Waals surface area (Å²) in [5, 5.41) is 1.13. The van der Waals surface area contributed by atoms with E-state index < -0.39 is 5.41 Å². The standard InChI is InChI=1S/C18H18N2O/c1-18(11-17(19)21,13-7-3-2-4-8-13)15-12-20-16-10-6-5-9-14(15)16/h2-10,12,20H,11H2,1H3,(H2,19,21). The zero-order valence-electron chi connectivity index (χ0n) is 12.0. The average molecular weight is 278 g/mol. The van der Waals surface area contributed by atoms with Crippen LogP contribution >= 0.6 is 0 Å². The minimum atomic E-state index is -0.438. The van der Waals surface area contributed by atoms with Crippen molar-refractivity contribution in [2.24, 2.45) is 5.73 Å². The maximum atomic E-state index is 11.6. The third-order valence-corrected chi connectivity index (χ3v) is 4.12. The summed E-state index contributed by atoms with van der Waals surface area (Å²) in [6.07, 6.45) is 2.26. The number of primary amides is 1. The molecule has 2 aromatic carbocycles. The van der Waals surface area contributed by atoms with Gasteiger partial charge in [-0.25, -0.2) is 0 Å². The van der Waals surface area contributed by atoms with E-state index in [4.69, 9.17) is 5.73 Å². The molecule has 0 aliphatic rings. The Bertz CT molecular complexity index is 776. The molecular weight excluding hydrogens is 260 g/mol. The SMILES string of the molecule is CC(CC(N)=O)(c1ccccc1)c1c[nH]c2ccccc12. The van der Waals surface area contributed by atoms with Gasteiger partial charge in [0.15, 0.2) is 0 Å². The van der Waals surface area contributed by atoms with Gasteiger partial charge in [-0.1, -0.05) is 55.5 Å². The van der Waals surface area contributed by atoms with E-state index in [2.05, 4.69) is 18.0 Å². The molecule has 1 heterocycles. The lowest BCUT2D eigenvalue weighted by Gasteiger charge is -2.29. The summed E-state index contributed by atoms with van der Waals surface area (Å²) in [7, 11) is 0. The van der Waals surface area contributed by atoms with Crippen molar-refractivity contribution < 1.29 is 4.79 Å². The first kappa shape index (κ1) is 13.4. The van der Waals surface area contributed by atoms with Crippen molar-refractivity contribution in [3.8, 4) is 0 Å². The Balaban J connectivity index is 2.22. The minimum absolute atomic E-state index is 0.277. The van der Waals surface area contributed by atoms with E-state index in [0.29, 0.717) is 0 Å². The van der Waals surface area contributed by atoms with Gasteiger partial charge in [-0.15, -0.1) is 0 Å². The van der Waals surface area contributed by atoms with Crippen LogP contribution in [0.2, 0.25) is 0 Å². The zero-order valence-corrected chi connectivity index (χ0v) is 12.0. The average Bonchev–Trinajstić information content (AvgIpc) is 2.92. The smallest absolute Gasteiger partial charge is 0.218 e. The highest BCUT2D eigenvalue weighted by atomic mass is 16.1. The van der Waals surface area contributed by atoms with Gasteiger partial charge in [-0.3, -0.25) is 4.79 Å². The summed E-state index contributed by atoms with van der Waals surface area (Å²) < 4.78 is 0. The molecule has 3 heteroatoms. The number of aromatic nitrogens is 1. The number of hydrogen-bond donors (Lipinski definition) is 2. The number of carbonyl (C=O) groups is 1. The van der Waals surface area contributed by atoms with Crippen LogP contribution in [0.4, 0.5) is 0 Å². The molecule has 21 heavy (non-hydrogen) atoms. The molecule has 106 valence electrons. The van der Waals surface area contributed by atoms with Crippen LogP contribution in [-0.2, 0) is 10.2 Å². The third kappa shape index (κ3) is 2.31. The summed E-state index contributed by atoms with van der Waals surface area (Å²) in [4.78, 5) is 14.9. The van der Waals surface area contributed by atoms with Crippen molar-refractivity contribution in [2.45, 2.75) is 18.8 Å². The highest BCUT2D eigenvalue weighted by molar-refractivity contribution is 5.86. The molecule has 1 amide bonds. The van der Waals surface area contributed by atoms with Crippen LogP contribution in [-0.4, -0.2) is 10.9 Å². The zero-order chi connectivity index (χ0) is 14.9. The second-order valence-corrected chi connectivity index (χ2v) is 5.59. The number of aromatic amines is 1. The van der Waals surface area contributed by atoms with Gasteiger partial charge in [0, 0.05) is 28.9 Å². The third-order valence-electron chi connectivity index (χ3n) is 4.12. The number of amides is 1. The quantitative estimate of drug-likeness (QED) is 0.755. The van der Waals surface area contributed by atoms with Crippen LogP contribution in [0.5, 0.6) is 0 Å². The fraction of sp³-hybridized carbons (Fsp3) is 0.167. The van der Waals surface area contributed by atoms with Gasteiger partial charge >= 0.3 is 0 Å². The van der Waals surface area contributed by atoms with Gasteiger partial charge in [0.1, 0.15) is 0 Å². The Kier molecular flexibility index (Phi) is 3.26. The van der Waals surface area contributed by atoms with Gasteiger partial charge in [-0.05, 0) is 17.2 Å². The molecule has 0 aliphatic heterocycles. The van der Waals surface area contributed by atoms with E-state index in [1.54, 1.807) is 0 Å². The molecule has 0 bridgehead atoms. The number of fused-ring (bicyclic) bond motifs is 1. The van der Waals surface area contributed by atoms with Crippen molar-refractivity contribution >= 4 is 16.8 Å².